The molecule has 1 amide bonds. The number of carbonyl (C=O) groups is 2. The molecule has 198 valence electrons. The monoisotopic (exact) mass is 526 g/mol. The summed E-state index contributed by atoms with van der Waals surface area (Å²) >= 11 is 6.56. The molecule has 0 spiro atoms. The maximum absolute atomic E-state index is 13.8. The smallest absolute Gasteiger partial charge is 0.267 e. The van der Waals surface area contributed by atoms with E-state index < -0.39 is 17.5 Å². The minimum absolute atomic E-state index is 0.0509. The van der Waals surface area contributed by atoms with Crippen molar-refractivity contribution in [3.8, 4) is 5.75 Å². The van der Waals surface area contributed by atoms with E-state index >= 15 is 0 Å². The van der Waals surface area contributed by atoms with E-state index in [4.69, 9.17) is 27.8 Å². The first-order valence-corrected chi connectivity index (χ1v) is 13.0. The third kappa shape index (κ3) is 6.57. The van der Waals surface area contributed by atoms with Crippen molar-refractivity contribution in [1.29, 1.82) is 0 Å². The molecular weight excluding hydrogens is 492 g/mol. The highest BCUT2D eigenvalue weighted by Gasteiger charge is 2.28. The van der Waals surface area contributed by atoms with Gasteiger partial charge in [-0.1, -0.05) is 42.3 Å². The molecule has 1 heterocycles. The minimum atomic E-state index is -0.535. The molecule has 0 aliphatic carbocycles. The molecule has 0 saturated carbocycles. The van der Waals surface area contributed by atoms with Crippen molar-refractivity contribution >= 4 is 39.9 Å². The van der Waals surface area contributed by atoms with Crippen molar-refractivity contribution in [1.82, 2.24) is 4.57 Å². The Morgan fingerprint density at radius 3 is 2.49 bits per heavy atom. The van der Waals surface area contributed by atoms with E-state index in [-0.39, 0.29) is 30.1 Å². The Balaban J connectivity index is 1.93. The number of pyridine rings is 1. The van der Waals surface area contributed by atoms with Crippen molar-refractivity contribution in [3.63, 3.8) is 0 Å². The second kappa shape index (κ2) is 13.4. The predicted molar refractivity (Wildman–Crippen MR) is 149 cm³/mol. The maximum atomic E-state index is 13.8. The predicted octanol–water partition coefficient (Wildman–Crippen LogP) is 4.04. The molecule has 4 N–H and O–H groups in total. The van der Waals surface area contributed by atoms with E-state index in [1.165, 1.54) is 9.47 Å². The number of amides is 1. The highest BCUT2D eigenvalue weighted by molar-refractivity contribution is 6.36. The highest BCUT2D eigenvalue weighted by atomic mass is 35.5. The van der Waals surface area contributed by atoms with Gasteiger partial charge in [0.2, 0.25) is 0 Å². The van der Waals surface area contributed by atoms with Gasteiger partial charge in [0.05, 0.1) is 28.6 Å². The lowest BCUT2D eigenvalue weighted by molar-refractivity contribution is -0.120. The zero-order chi connectivity index (χ0) is 26.9. The normalized spacial score (nSPS) is 11.9. The van der Waals surface area contributed by atoms with Crippen LogP contribution in [0.5, 0.6) is 5.75 Å². The van der Waals surface area contributed by atoms with E-state index in [0.29, 0.717) is 47.5 Å². The summed E-state index contributed by atoms with van der Waals surface area (Å²) in [6.45, 7) is 2.88. The zero-order valence-electron chi connectivity index (χ0n) is 21.4. The molecular formula is C28H35ClN4O4. The van der Waals surface area contributed by atoms with Gasteiger partial charge in [0.1, 0.15) is 17.1 Å². The van der Waals surface area contributed by atoms with Gasteiger partial charge in [0.15, 0.2) is 0 Å². The van der Waals surface area contributed by atoms with Gasteiger partial charge in [0, 0.05) is 25.7 Å². The Hall–Kier alpha value is -3.20. The van der Waals surface area contributed by atoms with Crippen LogP contribution in [0, 0.1) is 0 Å². The van der Waals surface area contributed by atoms with Crippen molar-refractivity contribution < 1.29 is 14.3 Å². The average Bonchev–Trinajstić information content (AvgIpc) is 2.90. The van der Waals surface area contributed by atoms with Crippen molar-refractivity contribution in [2.24, 2.45) is 18.5 Å². The molecule has 1 aromatic heterocycles. The largest absolute Gasteiger partial charge is 0.492 e. The topological polar surface area (TPSA) is 121 Å². The number of halogens is 1. The number of rotatable bonds is 13. The number of hydrogen-bond donors (Lipinski definition) is 2. The fourth-order valence-corrected chi connectivity index (χ4v) is 4.57. The summed E-state index contributed by atoms with van der Waals surface area (Å²) in [6.07, 6.45) is 2.84. The molecule has 0 aliphatic rings. The Kier molecular flexibility index (Phi) is 10.3. The van der Waals surface area contributed by atoms with Gasteiger partial charge in [-0.2, -0.15) is 0 Å². The molecule has 2 aromatic carbocycles. The molecule has 0 unspecified atom stereocenters. The van der Waals surface area contributed by atoms with Crippen LogP contribution in [0.15, 0.2) is 53.3 Å². The van der Waals surface area contributed by atoms with E-state index in [1.807, 2.05) is 37.3 Å². The Morgan fingerprint density at radius 1 is 1.08 bits per heavy atom. The summed E-state index contributed by atoms with van der Waals surface area (Å²) in [4.78, 5) is 41.2. The van der Waals surface area contributed by atoms with Gasteiger partial charge in [-0.25, -0.2) is 0 Å². The first kappa shape index (κ1) is 28.4. The standard InChI is InChI=1S/C28H35ClN4O4/c1-3-33(19-11-5-4-6-12-19)28(36)25-26(24-20(29)13-9-15-22(24)32(2)27(25)35)37-18-10-16-23(34)21(31)14-7-8-17-30/h4-6,9,11-13,15,21H,3,7-8,10,14,16-18,30-31H2,1-2H3/t21-/m1/s1. The number of unbranched alkanes of at least 4 members (excludes halogenated alkanes) is 1. The number of Topliss-reactive ketones (excluding diaryl/α,β-unsaturated/α-hetero) is 1. The van der Waals surface area contributed by atoms with Gasteiger partial charge in [-0.3, -0.25) is 14.4 Å². The summed E-state index contributed by atoms with van der Waals surface area (Å²) in [6, 6.07) is 13.8. The highest BCUT2D eigenvalue weighted by Crippen LogP contribution is 2.34. The van der Waals surface area contributed by atoms with Crippen LogP contribution in [0.25, 0.3) is 10.9 Å². The third-order valence-electron chi connectivity index (χ3n) is 6.37. The number of nitrogens with zero attached hydrogens (tertiary/aromatic N) is 2. The van der Waals surface area contributed by atoms with Gasteiger partial charge in [-0.05, 0) is 57.0 Å². The number of ether oxygens (including phenoxy) is 1. The summed E-state index contributed by atoms with van der Waals surface area (Å²) < 4.78 is 7.50. The average molecular weight is 527 g/mol. The van der Waals surface area contributed by atoms with Gasteiger partial charge < -0.3 is 25.7 Å². The number of nitrogens with two attached hydrogens (primary N) is 2. The molecule has 37 heavy (non-hydrogen) atoms. The van der Waals surface area contributed by atoms with Crippen LogP contribution in [-0.2, 0) is 11.8 Å². The van der Waals surface area contributed by atoms with Crippen LogP contribution in [-0.4, -0.2) is 42.0 Å². The van der Waals surface area contributed by atoms with E-state index in [1.54, 1.807) is 25.2 Å². The molecule has 3 rings (SSSR count). The number of aromatic nitrogens is 1. The number of para-hydroxylation sites is 1. The van der Waals surface area contributed by atoms with Crippen LogP contribution in [0.3, 0.4) is 0 Å². The van der Waals surface area contributed by atoms with Gasteiger partial charge in [0.25, 0.3) is 11.5 Å². The van der Waals surface area contributed by atoms with Gasteiger partial charge in [-0.15, -0.1) is 0 Å². The fourth-order valence-electron chi connectivity index (χ4n) is 4.31. The zero-order valence-corrected chi connectivity index (χ0v) is 22.2. The number of benzene rings is 2. The molecule has 8 nitrogen and oxygen atoms in total. The Morgan fingerprint density at radius 2 is 1.81 bits per heavy atom. The van der Waals surface area contributed by atoms with Gasteiger partial charge >= 0.3 is 0 Å². The maximum Gasteiger partial charge on any atom is 0.267 e. The van der Waals surface area contributed by atoms with Crippen LogP contribution >= 0.6 is 11.6 Å². The lowest BCUT2D eigenvalue weighted by Crippen LogP contribution is -2.37. The Bertz CT molecular complexity index is 1290. The quantitative estimate of drug-likeness (QED) is 0.324. The van der Waals surface area contributed by atoms with Crippen molar-refractivity contribution in [2.75, 3.05) is 24.6 Å². The first-order valence-electron chi connectivity index (χ1n) is 12.6. The number of anilines is 1. The number of carbonyl (C=O) groups excluding carboxylic acids is 2. The Labute approximate surface area is 222 Å². The van der Waals surface area contributed by atoms with E-state index in [2.05, 4.69) is 0 Å². The van der Waals surface area contributed by atoms with Crippen LogP contribution in [0.2, 0.25) is 5.02 Å². The number of aryl methyl sites for hydroxylation is 1. The second-order valence-corrected chi connectivity index (χ2v) is 9.30. The first-order chi connectivity index (χ1) is 17.8. The van der Waals surface area contributed by atoms with Crippen molar-refractivity contribution in [3.05, 3.63) is 69.5 Å². The fraction of sp³-hybridized carbons (Fsp3) is 0.393. The lowest BCUT2D eigenvalue weighted by atomic mass is 10.0. The summed E-state index contributed by atoms with van der Waals surface area (Å²) in [5.74, 6) is -0.406. The molecule has 0 fully saturated rings. The molecule has 0 radical (unpaired) electrons. The third-order valence-corrected chi connectivity index (χ3v) is 6.68. The van der Waals surface area contributed by atoms with Crippen LogP contribution in [0.4, 0.5) is 5.69 Å². The summed E-state index contributed by atoms with van der Waals surface area (Å²) in [5, 5.41) is 0.835. The van der Waals surface area contributed by atoms with Crippen LogP contribution in [0.1, 0.15) is 49.4 Å². The molecule has 9 heteroatoms. The van der Waals surface area contributed by atoms with Crippen molar-refractivity contribution in [2.45, 2.75) is 45.1 Å². The molecule has 0 bridgehead atoms. The molecule has 0 aliphatic heterocycles. The van der Waals surface area contributed by atoms with E-state index in [9.17, 15) is 14.4 Å². The lowest BCUT2D eigenvalue weighted by Gasteiger charge is -2.23. The number of hydrogen-bond acceptors (Lipinski definition) is 6. The molecule has 0 saturated heterocycles. The number of ketones is 1. The van der Waals surface area contributed by atoms with Crippen LogP contribution < -0.4 is 26.7 Å². The summed E-state index contributed by atoms with van der Waals surface area (Å²) in [5.41, 5.74) is 12.1. The van der Waals surface area contributed by atoms with E-state index in [0.717, 1.165) is 12.8 Å². The SMILES string of the molecule is CCN(C(=O)c1c(OCCCC(=O)[C@H](N)CCCCN)c2c(Cl)cccc2n(C)c1=O)c1ccccc1. The summed E-state index contributed by atoms with van der Waals surface area (Å²) in [7, 11) is 1.60. The number of fused-ring (bicyclic) bond motifs is 1. The second-order valence-electron chi connectivity index (χ2n) is 8.90. The molecule has 1 atom stereocenters. The molecule has 3 aromatic rings. The minimum Gasteiger partial charge on any atom is -0.492 e.